The third kappa shape index (κ3) is 2.02. The van der Waals surface area contributed by atoms with E-state index in [4.69, 9.17) is 0 Å². The molecule has 1 aliphatic heterocycles. The SMILES string of the molecule is Cc1ncc(N2CC(C)(C)[C@@](C)(O)C2)nc1C. The Bertz CT molecular complexity index is 424. The molecule has 1 fully saturated rings. The highest BCUT2D eigenvalue weighted by molar-refractivity contribution is 5.41. The maximum absolute atomic E-state index is 10.4. The van der Waals surface area contributed by atoms with Crippen LogP contribution in [0.3, 0.4) is 0 Å². The number of rotatable bonds is 1. The van der Waals surface area contributed by atoms with Gasteiger partial charge >= 0.3 is 0 Å². The molecule has 0 aliphatic carbocycles. The Morgan fingerprint density at radius 1 is 1.18 bits per heavy atom. The Balaban J connectivity index is 2.29. The first-order valence-electron chi connectivity index (χ1n) is 6.00. The van der Waals surface area contributed by atoms with Crippen LogP contribution in [0.1, 0.15) is 32.2 Å². The maximum atomic E-state index is 10.4. The zero-order chi connectivity index (χ0) is 12.8. The highest BCUT2D eigenvalue weighted by atomic mass is 16.3. The van der Waals surface area contributed by atoms with Crippen LogP contribution in [0.2, 0.25) is 0 Å². The van der Waals surface area contributed by atoms with Crippen LogP contribution < -0.4 is 4.90 Å². The first kappa shape index (κ1) is 12.3. The van der Waals surface area contributed by atoms with Crippen molar-refractivity contribution in [3.63, 3.8) is 0 Å². The van der Waals surface area contributed by atoms with Gasteiger partial charge in [-0.05, 0) is 20.8 Å². The fourth-order valence-corrected chi connectivity index (χ4v) is 2.13. The second-order valence-corrected chi connectivity index (χ2v) is 5.91. The van der Waals surface area contributed by atoms with Gasteiger partial charge in [0.1, 0.15) is 5.82 Å². The lowest BCUT2D eigenvalue weighted by Gasteiger charge is -2.30. The molecule has 0 amide bonds. The van der Waals surface area contributed by atoms with Crippen LogP contribution >= 0.6 is 0 Å². The molecule has 1 atom stereocenters. The van der Waals surface area contributed by atoms with E-state index < -0.39 is 5.60 Å². The number of nitrogens with zero attached hydrogens (tertiary/aromatic N) is 3. The normalized spacial score (nSPS) is 27.5. The number of anilines is 1. The van der Waals surface area contributed by atoms with Crippen molar-refractivity contribution in [2.24, 2.45) is 5.41 Å². The predicted octanol–water partition coefficient (Wildman–Crippen LogP) is 1.69. The fraction of sp³-hybridized carbons (Fsp3) is 0.692. The van der Waals surface area contributed by atoms with Gasteiger partial charge in [-0.25, -0.2) is 4.98 Å². The highest BCUT2D eigenvalue weighted by Crippen LogP contribution is 2.39. The molecule has 0 saturated carbocycles. The molecule has 0 aromatic carbocycles. The lowest BCUT2D eigenvalue weighted by molar-refractivity contribution is -0.00891. The maximum Gasteiger partial charge on any atom is 0.147 e. The summed E-state index contributed by atoms with van der Waals surface area (Å²) >= 11 is 0. The number of hydrogen-bond acceptors (Lipinski definition) is 4. The molecule has 2 rings (SSSR count). The summed E-state index contributed by atoms with van der Waals surface area (Å²) in [6.07, 6.45) is 1.79. The first-order chi connectivity index (χ1) is 7.73. The van der Waals surface area contributed by atoms with Crippen LogP contribution in [0, 0.1) is 19.3 Å². The lowest BCUT2D eigenvalue weighted by atomic mass is 9.79. The standard InChI is InChI=1S/C13H21N3O/c1-9-10(2)15-11(6-14-9)16-7-12(3,4)13(5,17)8-16/h6,17H,7-8H2,1-5H3/t13-/m0/s1. The van der Waals surface area contributed by atoms with Gasteiger partial charge < -0.3 is 10.0 Å². The summed E-state index contributed by atoms with van der Waals surface area (Å²) in [6, 6.07) is 0. The lowest BCUT2D eigenvalue weighted by Crippen LogP contribution is -2.40. The molecule has 1 aromatic rings. The van der Waals surface area contributed by atoms with Crippen LogP contribution in [0.25, 0.3) is 0 Å². The third-order valence-corrected chi connectivity index (χ3v) is 4.05. The smallest absolute Gasteiger partial charge is 0.147 e. The average Bonchev–Trinajstić information content (AvgIpc) is 2.41. The number of hydrogen-bond donors (Lipinski definition) is 1. The number of aliphatic hydroxyl groups is 1. The van der Waals surface area contributed by atoms with Crippen molar-refractivity contribution in [2.45, 2.75) is 40.2 Å². The van der Waals surface area contributed by atoms with Gasteiger partial charge in [0.05, 0.1) is 23.2 Å². The van der Waals surface area contributed by atoms with Gasteiger partial charge in [-0.3, -0.25) is 4.98 Å². The molecule has 4 nitrogen and oxygen atoms in total. The second kappa shape index (κ2) is 3.67. The fourth-order valence-electron chi connectivity index (χ4n) is 2.13. The van der Waals surface area contributed by atoms with E-state index in [1.165, 1.54) is 0 Å². The van der Waals surface area contributed by atoms with Crippen LogP contribution in [-0.4, -0.2) is 33.8 Å². The van der Waals surface area contributed by atoms with Crippen LogP contribution in [-0.2, 0) is 0 Å². The van der Waals surface area contributed by atoms with E-state index in [-0.39, 0.29) is 5.41 Å². The Labute approximate surface area is 103 Å². The molecule has 0 unspecified atom stereocenters. The van der Waals surface area contributed by atoms with Gasteiger partial charge in [0.2, 0.25) is 0 Å². The molecule has 1 aromatic heterocycles. The zero-order valence-electron chi connectivity index (χ0n) is 11.3. The van der Waals surface area contributed by atoms with Crippen molar-refractivity contribution in [1.82, 2.24) is 9.97 Å². The highest BCUT2D eigenvalue weighted by Gasteiger charge is 2.48. The van der Waals surface area contributed by atoms with Crippen molar-refractivity contribution in [3.05, 3.63) is 17.6 Å². The van der Waals surface area contributed by atoms with Crippen LogP contribution in [0.4, 0.5) is 5.82 Å². The summed E-state index contributed by atoms with van der Waals surface area (Å²) in [5.41, 5.74) is 1.09. The quantitative estimate of drug-likeness (QED) is 0.804. The summed E-state index contributed by atoms with van der Waals surface area (Å²) < 4.78 is 0. The van der Waals surface area contributed by atoms with Crippen LogP contribution in [0.15, 0.2) is 6.20 Å². The van der Waals surface area contributed by atoms with E-state index in [0.717, 1.165) is 23.8 Å². The largest absolute Gasteiger partial charge is 0.388 e. The minimum atomic E-state index is -0.687. The van der Waals surface area contributed by atoms with Crippen molar-refractivity contribution in [1.29, 1.82) is 0 Å². The van der Waals surface area contributed by atoms with E-state index in [2.05, 4.69) is 28.7 Å². The minimum Gasteiger partial charge on any atom is -0.388 e. The van der Waals surface area contributed by atoms with E-state index in [9.17, 15) is 5.11 Å². The molecule has 1 N–H and O–H groups in total. The monoisotopic (exact) mass is 235 g/mol. The molecular weight excluding hydrogens is 214 g/mol. The second-order valence-electron chi connectivity index (χ2n) is 5.91. The van der Waals surface area contributed by atoms with Crippen molar-refractivity contribution >= 4 is 5.82 Å². The number of aromatic nitrogens is 2. The van der Waals surface area contributed by atoms with Gasteiger partial charge in [0.25, 0.3) is 0 Å². The molecule has 0 radical (unpaired) electrons. The summed E-state index contributed by atoms with van der Waals surface area (Å²) in [6.45, 7) is 11.4. The Hall–Kier alpha value is -1.16. The van der Waals surface area contributed by atoms with Crippen molar-refractivity contribution < 1.29 is 5.11 Å². The molecular formula is C13H21N3O. The topological polar surface area (TPSA) is 49.2 Å². The zero-order valence-corrected chi connectivity index (χ0v) is 11.3. The van der Waals surface area contributed by atoms with Gasteiger partial charge in [0.15, 0.2) is 0 Å². The molecule has 1 aliphatic rings. The summed E-state index contributed by atoms with van der Waals surface area (Å²) in [7, 11) is 0. The average molecular weight is 235 g/mol. The Kier molecular flexibility index (Phi) is 2.65. The van der Waals surface area contributed by atoms with Gasteiger partial charge in [-0.15, -0.1) is 0 Å². The van der Waals surface area contributed by atoms with E-state index >= 15 is 0 Å². The molecule has 0 bridgehead atoms. The Morgan fingerprint density at radius 2 is 1.82 bits per heavy atom. The van der Waals surface area contributed by atoms with E-state index in [1.807, 2.05) is 20.8 Å². The third-order valence-electron chi connectivity index (χ3n) is 4.05. The van der Waals surface area contributed by atoms with Gasteiger partial charge in [-0.2, -0.15) is 0 Å². The predicted molar refractivity (Wildman–Crippen MR) is 68.1 cm³/mol. The van der Waals surface area contributed by atoms with Gasteiger partial charge in [-0.1, -0.05) is 13.8 Å². The molecule has 94 valence electrons. The van der Waals surface area contributed by atoms with Crippen LogP contribution in [0.5, 0.6) is 0 Å². The number of β-amino-alcohol motifs (C(OH)–C–C–N with tert-alkyl or cyclic N) is 1. The molecule has 1 saturated heterocycles. The molecule has 4 heteroatoms. The summed E-state index contributed by atoms with van der Waals surface area (Å²) in [4.78, 5) is 11.0. The number of aryl methyl sites for hydroxylation is 2. The molecule has 0 spiro atoms. The van der Waals surface area contributed by atoms with Crippen molar-refractivity contribution in [3.8, 4) is 0 Å². The molecule has 17 heavy (non-hydrogen) atoms. The van der Waals surface area contributed by atoms with E-state index in [0.29, 0.717) is 6.54 Å². The Morgan fingerprint density at radius 3 is 2.29 bits per heavy atom. The van der Waals surface area contributed by atoms with Crippen molar-refractivity contribution in [2.75, 3.05) is 18.0 Å². The summed E-state index contributed by atoms with van der Waals surface area (Å²) in [5.74, 6) is 0.860. The van der Waals surface area contributed by atoms with Gasteiger partial charge in [0, 0.05) is 18.5 Å². The summed E-state index contributed by atoms with van der Waals surface area (Å²) in [5, 5.41) is 10.4. The molecule has 2 heterocycles. The first-order valence-corrected chi connectivity index (χ1v) is 6.00. The minimum absolute atomic E-state index is 0.131. The van der Waals surface area contributed by atoms with E-state index in [1.54, 1.807) is 6.20 Å².